The lowest BCUT2D eigenvalue weighted by Crippen LogP contribution is -2.30. The van der Waals surface area contributed by atoms with Gasteiger partial charge in [0.2, 0.25) is 0 Å². The van der Waals surface area contributed by atoms with E-state index in [4.69, 9.17) is 14.2 Å². The molecule has 6 heteroatoms. The minimum atomic E-state index is -0.799. The predicted octanol–water partition coefficient (Wildman–Crippen LogP) is 16.2. The van der Waals surface area contributed by atoms with E-state index in [0.29, 0.717) is 19.3 Å². The van der Waals surface area contributed by atoms with E-state index in [2.05, 4.69) is 118 Å². The van der Waals surface area contributed by atoms with Gasteiger partial charge >= 0.3 is 17.9 Å². The molecule has 1 atom stereocenters. The summed E-state index contributed by atoms with van der Waals surface area (Å²) in [5.74, 6) is -0.960. The molecule has 0 spiro atoms. The summed E-state index contributed by atoms with van der Waals surface area (Å²) in [6.45, 7) is 6.31. The fourth-order valence-corrected chi connectivity index (χ4v) is 6.37. The van der Waals surface area contributed by atoms with Crippen LogP contribution in [0.3, 0.4) is 0 Å². The quantitative estimate of drug-likeness (QED) is 0.0263. The summed E-state index contributed by atoms with van der Waals surface area (Å²) in [6, 6.07) is 0. The van der Waals surface area contributed by atoms with E-state index in [1.807, 2.05) is 0 Å². The molecule has 0 N–H and O–H groups in total. The predicted molar refractivity (Wildman–Crippen MR) is 260 cm³/mol. The van der Waals surface area contributed by atoms with Crippen LogP contribution in [0.25, 0.3) is 0 Å². The third-order valence-corrected chi connectivity index (χ3v) is 10.1. The summed E-state index contributed by atoms with van der Waals surface area (Å²) in [5.41, 5.74) is 0. The average molecular weight is 847 g/mol. The molecule has 1 unspecified atom stereocenters. The Morgan fingerprint density at radius 3 is 1.03 bits per heavy atom. The maximum atomic E-state index is 12.8. The van der Waals surface area contributed by atoms with Crippen LogP contribution in [0.4, 0.5) is 0 Å². The van der Waals surface area contributed by atoms with Crippen LogP contribution in [0.2, 0.25) is 0 Å². The molecule has 0 amide bonds. The van der Waals surface area contributed by atoms with E-state index in [1.54, 1.807) is 0 Å². The summed E-state index contributed by atoms with van der Waals surface area (Å²) in [7, 11) is 0. The van der Waals surface area contributed by atoms with E-state index in [9.17, 15) is 14.4 Å². The molecule has 0 aliphatic heterocycles. The number of unbranched alkanes of at least 4 members (excludes halogenated alkanes) is 16. The fourth-order valence-electron chi connectivity index (χ4n) is 6.37. The van der Waals surface area contributed by atoms with Gasteiger partial charge in [0.25, 0.3) is 0 Å². The third kappa shape index (κ3) is 47.2. The smallest absolute Gasteiger partial charge is 0.306 e. The van der Waals surface area contributed by atoms with Crippen LogP contribution >= 0.6 is 0 Å². The molecule has 61 heavy (non-hydrogen) atoms. The molecule has 0 aliphatic rings. The molecule has 0 aromatic heterocycles. The average Bonchev–Trinajstić information content (AvgIpc) is 3.26. The zero-order chi connectivity index (χ0) is 44.4. The lowest BCUT2D eigenvalue weighted by molar-refractivity contribution is -0.167. The highest BCUT2D eigenvalue weighted by Crippen LogP contribution is 2.13. The topological polar surface area (TPSA) is 78.9 Å². The van der Waals surface area contributed by atoms with E-state index in [1.165, 1.54) is 38.5 Å². The zero-order valence-corrected chi connectivity index (χ0v) is 39.4. The van der Waals surface area contributed by atoms with Crippen LogP contribution in [0.1, 0.15) is 213 Å². The first-order valence-corrected chi connectivity index (χ1v) is 24.7. The van der Waals surface area contributed by atoms with Crippen molar-refractivity contribution in [3.05, 3.63) is 97.2 Å². The van der Waals surface area contributed by atoms with Crippen molar-refractivity contribution in [3.63, 3.8) is 0 Å². The molecule has 0 saturated heterocycles. The Balaban J connectivity index is 4.44. The molecule has 0 rings (SSSR count). The summed E-state index contributed by atoms with van der Waals surface area (Å²) in [4.78, 5) is 37.9. The SMILES string of the molecule is CC/C=C\C/C=C\C/C=C\C/C=C\C/C=C\CCCCCC(=O)OCC(COC(=O)CCCCCC/C=C\CCCC)OC(=O)CCCCCCCCC/C=C\C/C=C\CC. The summed E-state index contributed by atoms with van der Waals surface area (Å²) < 4.78 is 16.7. The Morgan fingerprint density at radius 1 is 0.344 bits per heavy atom. The van der Waals surface area contributed by atoms with Gasteiger partial charge in [0.1, 0.15) is 13.2 Å². The number of ether oxygens (including phenoxy) is 3. The zero-order valence-electron chi connectivity index (χ0n) is 39.4. The molecular formula is C55H90O6. The van der Waals surface area contributed by atoms with Crippen LogP contribution in [0, 0.1) is 0 Å². The van der Waals surface area contributed by atoms with Gasteiger partial charge in [-0.05, 0) is 109 Å². The molecule has 0 saturated carbocycles. The van der Waals surface area contributed by atoms with Gasteiger partial charge in [0, 0.05) is 19.3 Å². The lowest BCUT2D eigenvalue weighted by atomic mass is 10.1. The second-order valence-electron chi connectivity index (χ2n) is 16.0. The second kappa shape index (κ2) is 49.0. The lowest BCUT2D eigenvalue weighted by Gasteiger charge is -2.18. The van der Waals surface area contributed by atoms with Crippen LogP contribution < -0.4 is 0 Å². The fraction of sp³-hybridized carbons (Fsp3) is 0.655. The Hall–Kier alpha value is -3.67. The molecule has 0 bridgehead atoms. The summed E-state index contributed by atoms with van der Waals surface area (Å²) in [6.07, 6.45) is 63.9. The number of hydrogen-bond acceptors (Lipinski definition) is 6. The molecule has 0 aliphatic carbocycles. The van der Waals surface area contributed by atoms with Crippen molar-refractivity contribution >= 4 is 17.9 Å². The summed E-state index contributed by atoms with van der Waals surface area (Å²) in [5, 5.41) is 0. The van der Waals surface area contributed by atoms with Crippen LogP contribution in [-0.2, 0) is 28.6 Å². The number of hydrogen-bond donors (Lipinski definition) is 0. The molecular weight excluding hydrogens is 757 g/mol. The second-order valence-corrected chi connectivity index (χ2v) is 16.0. The maximum Gasteiger partial charge on any atom is 0.306 e. The first-order valence-electron chi connectivity index (χ1n) is 24.7. The Morgan fingerprint density at radius 2 is 0.639 bits per heavy atom. The van der Waals surface area contributed by atoms with Crippen molar-refractivity contribution in [1.82, 2.24) is 0 Å². The molecule has 6 nitrogen and oxygen atoms in total. The van der Waals surface area contributed by atoms with E-state index < -0.39 is 6.10 Å². The number of carbonyl (C=O) groups is 3. The van der Waals surface area contributed by atoms with Gasteiger partial charge in [-0.2, -0.15) is 0 Å². The first-order chi connectivity index (χ1) is 30.0. The van der Waals surface area contributed by atoms with Gasteiger partial charge in [0.05, 0.1) is 0 Å². The van der Waals surface area contributed by atoms with Crippen molar-refractivity contribution in [2.24, 2.45) is 0 Å². The molecule has 346 valence electrons. The number of rotatable bonds is 43. The Bertz CT molecular complexity index is 1250. The van der Waals surface area contributed by atoms with Crippen molar-refractivity contribution in [1.29, 1.82) is 0 Å². The van der Waals surface area contributed by atoms with Crippen molar-refractivity contribution in [2.45, 2.75) is 219 Å². The van der Waals surface area contributed by atoms with Crippen molar-refractivity contribution in [3.8, 4) is 0 Å². The molecule has 0 fully saturated rings. The maximum absolute atomic E-state index is 12.8. The normalized spacial score (nSPS) is 12.9. The molecule has 0 radical (unpaired) electrons. The Kier molecular flexibility index (Phi) is 46.0. The van der Waals surface area contributed by atoms with Gasteiger partial charge in [-0.25, -0.2) is 0 Å². The van der Waals surface area contributed by atoms with E-state index in [-0.39, 0.29) is 31.1 Å². The van der Waals surface area contributed by atoms with Crippen molar-refractivity contribution in [2.75, 3.05) is 13.2 Å². The number of esters is 3. The highest BCUT2D eigenvalue weighted by atomic mass is 16.6. The molecule has 0 aromatic carbocycles. The first kappa shape index (κ1) is 57.3. The minimum absolute atomic E-state index is 0.0989. The van der Waals surface area contributed by atoms with Crippen LogP contribution in [0.5, 0.6) is 0 Å². The minimum Gasteiger partial charge on any atom is -0.462 e. The standard InChI is InChI=1S/C55H90O6/c1-4-7-10-13-16-19-22-24-26-27-28-29-30-32-33-36-39-42-45-48-54(57)60-51-52(50-59-53(56)47-44-41-38-35-21-18-15-12-9-6-3)61-55(58)49-46-43-40-37-34-31-25-23-20-17-14-11-8-5-2/h7-8,10-11,15-20,24,26,28-29,32-33,52H,4-6,9,12-14,21-23,25,27,30-31,34-51H2,1-3H3/b10-7-,11-8-,18-15-,19-16-,20-17-,26-24-,29-28-,33-32-. The summed E-state index contributed by atoms with van der Waals surface area (Å²) >= 11 is 0. The highest BCUT2D eigenvalue weighted by molar-refractivity contribution is 5.71. The Labute approximate surface area is 375 Å². The van der Waals surface area contributed by atoms with E-state index >= 15 is 0 Å². The molecule has 0 aromatic rings. The highest BCUT2D eigenvalue weighted by Gasteiger charge is 2.19. The largest absolute Gasteiger partial charge is 0.462 e. The van der Waals surface area contributed by atoms with Gasteiger partial charge in [-0.15, -0.1) is 0 Å². The van der Waals surface area contributed by atoms with Gasteiger partial charge in [-0.1, -0.05) is 182 Å². The van der Waals surface area contributed by atoms with Gasteiger partial charge in [0.15, 0.2) is 6.10 Å². The molecule has 0 heterocycles. The van der Waals surface area contributed by atoms with E-state index in [0.717, 1.165) is 135 Å². The van der Waals surface area contributed by atoms with Gasteiger partial charge < -0.3 is 14.2 Å². The monoisotopic (exact) mass is 847 g/mol. The van der Waals surface area contributed by atoms with Crippen molar-refractivity contribution < 1.29 is 28.6 Å². The number of allylic oxidation sites excluding steroid dienone is 16. The van der Waals surface area contributed by atoms with Crippen LogP contribution in [-0.4, -0.2) is 37.2 Å². The van der Waals surface area contributed by atoms with Gasteiger partial charge in [-0.3, -0.25) is 14.4 Å². The van der Waals surface area contributed by atoms with Crippen LogP contribution in [0.15, 0.2) is 97.2 Å². The number of carbonyl (C=O) groups excluding carboxylic acids is 3. The third-order valence-electron chi connectivity index (χ3n) is 10.1.